The molecule has 0 aliphatic heterocycles. The fourth-order valence-corrected chi connectivity index (χ4v) is 3.79. The van der Waals surface area contributed by atoms with Crippen molar-refractivity contribution < 1.29 is 13.0 Å². The Morgan fingerprint density at radius 1 is 1.13 bits per heavy atom. The smallest absolute Gasteiger partial charge is 0.243 e. The minimum absolute atomic E-state index is 0.0632. The number of hydrogen-bond donors (Lipinski definition) is 1. The van der Waals surface area contributed by atoms with Gasteiger partial charge < -0.3 is 0 Å². The first-order valence-corrected chi connectivity index (χ1v) is 8.82. The van der Waals surface area contributed by atoms with E-state index in [9.17, 15) is 8.42 Å². The molecule has 6 nitrogen and oxygen atoms in total. The molecular formula is C16H17N3O3S. The lowest BCUT2D eigenvalue weighted by atomic mass is 10.1. The summed E-state index contributed by atoms with van der Waals surface area (Å²) in [4.78, 5) is 0.0632. The van der Waals surface area contributed by atoms with Crippen LogP contribution in [-0.4, -0.2) is 18.7 Å². The molecule has 0 aliphatic rings. The van der Waals surface area contributed by atoms with Crippen molar-refractivity contribution in [2.45, 2.75) is 31.2 Å². The fraction of sp³-hybridized carbons (Fsp3) is 0.250. The lowest BCUT2D eigenvalue weighted by Crippen LogP contribution is -2.27. The Hall–Kier alpha value is -2.25. The number of nitrogens with one attached hydrogen (secondary N) is 1. The van der Waals surface area contributed by atoms with Crippen molar-refractivity contribution in [1.29, 1.82) is 0 Å². The van der Waals surface area contributed by atoms with Gasteiger partial charge in [-0.1, -0.05) is 37.3 Å². The predicted molar refractivity (Wildman–Crippen MR) is 86.4 cm³/mol. The molecule has 1 N–H and O–H groups in total. The van der Waals surface area contributed by atoms with Crippen molar-refractivity contribution in [1.82, 2.24) is 15.0 Å². The standard InChI is InChI=1S/C16H17N3O3S/c1-3-12-7-9-13(10-8-12)11(2)19-23(20,21)15-6-4-5-14-16(15)18-22-17-14/h4-11,19H,3H2,1-2H3/t11-/m0/s1. The molecule has 0 saturated heterocycles. The van der Waals surface area contributed by atoms with Crippen LogP contribution in [0.4, 0.5) is 0 Å². The molecule has 0 saturated carbocycles. The van der Waals surface area contributed by atoms with E-state index in [1.165, 1.54) is 11.6 Å². The van der Waals surface area contributed by atoms with Crippen LogP contribution in [0.15, 0.2) is 52.0 Å². The summed E-state index contributed by atoms with van der Waals surface area (Å²) in [6, 6.07) is 12.3. The minimum Gasteiger partial charge on any atom is -0.243 e. The molecule has 3 rings (SSSR count). The van der Waals surface area contributed by atoms with Gasteiger partial charge in [-0.3, -0.25) is 0 Å². The van der Waals surface area contributed by atoms with Gasteiger partial charge in [-0.2, -0.15) is 0 Å². The van der Waals surface area contributed by atoms with Crippen LogP contribution in [0.1, 0.15) is 31.0 Å². The summed E-state index contributed by atoms with van der Waals surface area (Å²) in [6.45, 7) is 3.88. The number of aromatic nitrogens is 2. The molecule has 1 heterocycles. The van der Waals surface area contributed by atoms with E-state index in [2.05, 4.69) is 26.6 Å². The molecule has 1 atom stereocenters. The molecule has 7 heteroatoms. The van der Waals surface area contributed by atoms with Crippen LogP contribution in [0.3, 0.4) is 0 Å². The molecule has 2 aromatic carbocycles. The highest BCUT2D eigenvalue weighted by Gasteiger charge is 2.22. The van der Waals surface area contributed by atoms with Crippen molar-refractivity contribution in [2.75, 3.05) is 0 Å². The zero-order chi connectivity index (χ0) is 16.4. The Labute approximate surface area is 134 Å². The van der Waals surface area contributed by atoms with Crippen LogP contribution in [0.25, 0.3) is 11.0 Å². The van der Waals surface area contributed by atoms with Crippen molar-refractivity contribution in [3.05, 3.63) is 53.6 Å². The van der Waals surface area contributed by atoms with Gasteiger partial charge in [-0.15, -0.1) is 0 Å². The van der Waals surface area contributed by atoms with E-state index in [0.717, 1.165) is 12.0 Å². The lowest BCUT2D eigenvalue weighted by Gasteiger charge is -2.15. The lowest BCUT2D eigenvalue weighted by molar-refractivity contribution is 0.315. The molecule has 0 spiro atoms. The third kappa shape index (κ3) is 3.11. The van der Waals surface area contributed by atoms with Gasteiger partial charge in [-0.25, -0.2) is 17.8 Å². The highest BCUT2D eigenvalue weighted by molar-refractivity contribution is 7.89. The normalized spacial score (nSPS) is 13.3. The van der Waals surface area contributed by atoms with Crippen LogP contribution >= 0.6 is 0 Å². The molecule has 0 radical (unpaired) electrons. The molecule has 3 aromatic rings. The van der Waals surface area contributed by atoms with Gasteiger partial charge in [0.25, 0.3) is 0 Å². The number of hydrogen-bond acceptors (Lipinski definition) is 5. The third-order valence-electron chi connectivity index (χ3n) is 3.76. The van der Waals surface area contributed by atoms with Gasteiger partial charge in [0, 0.05) is 6.04 Å². The van der Waals surface area contributed by atoms with Crippen LogP contribution in [0.5, 0.6) is 0 Å². The number of benzene rings is 2. The maximum atomic E-state index is 12.6. The molecule has 1 aromatic heterocycles. The second-order valence-corrected chi connectivity index (χ2v) is 7.01. The van der Waals surface area contributed by atoms with Crippen LogP contribution in [-0.2, 0) is 16.4 Å². The van der Waals surface area contributed by atoms with Crippen molar-refractivity contribution in [3.8, 4) is 0 Å². The Morgan fingerprint density at radius 2 is 1.87 bits per heavy atom. The topological polar surface area (TPSA) is 85.1 Å². The highest BCUT2D eigenvalue weighted by atomic mass is 32.2. The summed E-state index contributed by atoms with van der Waals surface area (Å²) in [5.41, 5.74) is 2.75. The third-order valence-corrected chi connectivity index (χ3v) is 5.33. The van der Waals surface area contributed by atoms with E-state index in [4.69, 9.17) is 0 Å². The zero-order valence-electron chi connectivity index (χ0n) is 12.9. The Balaban J connectivity index is 1.89. The molecule has 0 aliphatic carbocycles. The maximum Gasteiger partial charge on any atom is 0.243 e. The average molecular weight is 331 g/mol. The summed E-state index contributed by atoms with van der Waals surface area (Å²) in [7, 11) is -3.73. The first-order valence-electron chi connectivity index (χ1n) is 7.33. The van der Waals surface area contributed by atoms with Gasteiger partial charge in [0.1, 0.15) is 10.4 Å². The van der Waals surface area contributed by atoms with Crippen molar-refractivity contribution >= 4 is 21.1 Å². The molecule has 0 unspecified atom stereocenters. The van der Waals surface area contributed by atoms with Gasteiger partial charge >= 0.3 is 0 Å². The number of fused-ring (bicyclic) bond motifs is 1. The maximum absolute atomic E-state index is 12.6. The summed E-state index contributed by atoms with van der Waals surface area (Å²) in [6.07, 6.45) is 0.946. The largest absolute Gasteiger partial charge is 0.243 e. The van der Waals surface area contributed by atoms with Crippen molar-refractivity contribution in [3.63, 3.8) is 0 Å². The number of sulfonamides is 1. The first kappa shape index (κ1) is 15.6. The monoisotopic (exact) mass is 331 g/mol. The van der Waals surface area contributed by atoms with Crippen molar-refractivity contribution in [2.24, 2.45) is 0 Å². The zero-order valence-corrected chi connectivity index (χ0v) is 13.7. The Kier molecular flexibility index (Phi) is 4.14. The Morgan fingerprint density at radius 3 is 2.57 bits per heavy atom. The quantitative estimate of drug-likeness (QED) is 0.777. The summed E-state index contributed by atoms with van der Waals surface area (Å²) in [5.74, 6) is 0. The van der Waals surface area contributed by atoms with E-state index >= 15 is 0 Å². The number of aryl methyl sites for hydroxylation is 1. The molecule has 0 bridgehead atoms. The van der Waals surface area contributed by atoms with Gasteiger partial charge in [0.15, 0.2) is 5.52 Å². The van der Waals surface area contributed by atoms with E-state index in [1.807, 2.05) is 24.3 Å². The summed E-state index contributed by atoms with van der Waals surface area (Å²) in [5, 5.41) is 7.35. The molecular weight excluding hydrogens is 314 g/mol. The second kappa shape index (κ2) is 6.10. The van der Waals surface area contributed by atoms with Gasteiger partial charge in [0.2, 0.25) is 10.0 Å². The SMILES string of the molecule is CCc1ccc([C@H](C)NS(=O)(=O)c2cccc3nonc23)cc1. The van der Waals surface area contributed by atoms with E-state index in [1.54, 1.807) is 19.1 Å². The molecule has 23 heavy (non-hydrogen) atoms. The first-order chi connectivity index (χ1) is 11.0. The number of rotatable bonds is 5. The molecule has 0 fully saturated rings. The van der Waals surface area contributed by atoms with E-state index in [0.29, 0.717) is 5.52 Å². The number of nitrogens with zero attached hydrogens (tertiary/aromatic N) is 2. The van der Waals surface area contributed by atoms with Gasteiger partial charge in [-0.05, 0) is 46.9 Å². The van der Waals surface area contributed by atoms with E-state index < -0.39 is 10.0 Å². The second-order valence-electron chi connectivity index (χ2n) is 5.33. The molecule has 0 amide bonds. The average Bonchev–Trinajstić information content (AvgIpc) is 3.02. The predicted octanol–water partition coefficient (Wildman–Crippen LogP) is 2.82. The van der Waals surface area contributed by atoms with Gasteiger partial charge in [0.05, 0.1) is 0 Å². The highest BCUT2D eigenvalue weighted by Crippen LogP contribution is 2.22. The minimum atomic E-state index is -3.73. The fourth-order valence-electron chi connectivity index (χ4n) is 2.40. The van der Waals surface area contributed by atoms with Crippen LogP contribution in [0, 0.1) is 0 Å². The van der Waals surface area contributed by atoms with Crippen LogP contribution in [0.2, 0.25) is 0 Å². The Bertz CT molecular complexity index is 917. The summed E-state index contributed by atoms with van der Waals surface area (Å²) < 4.78 is 32.6. The molecule has 120 valence electrons. The van der Waals surface area contributed by atoms with Crippen LogP contribution < -0.4 is 4.72 Å². The van der Waals surface area contributed by atoms with E-state index in [-0.39, 0.29) is 16.5 Å². The summed E-state index contributed by atoms with van der Waals surface area (Å²) >= 11 is 0.